The van der Waals surface area contributed by atoms with E-state index in [9.17, 15) is 17.6 Å². The van der Waals surface area contributed by atoms with Gasteiger partial charge in [0.05, 0.1) is 10.3 Å². The van der Waals surface area contributed by atoms with Crippen LogP contribution in [0.25, 0.3) is 0 Å². The zero-order valence-corrected chi connectivity index (χ0v) is 11.3. The molecule has 1 aromatic carbocycles. The van der Waals surface area contributed by atoms with Crippen LogP contribution in [-0.4, -0.2) is 31.9 Å². The molecule has 6 heteroatoms. The lowest BCUT2D eigenvalue weighted by Gasteiger charge is -2.22. The number of nitrogens with one attached hydrogen (secondary N) is 1. The van der Waals surface area contributed by atoms with Crippen LogP contribution in [0.3, 0.4) is 0 Å². The summed E-state index contributed by atoms with van der Waals surface area (Å²) in [5.41, 5.74) is -0.0956. The molecule has 0 saturated heterocycles. The van der Waals surface area contributed by atoms with E-state index in [1.807, 2.05) is 0 Å². The van der Waals surface area contributed by atoms with E-state index in [2.05, 4.69) is 5.32 Å². The Morgan fingerprint density at radius 3 is 2.39 bits per heavy atom. The average Bonchev–Trinajstić information content (AvgIpc) is 2.25. The van der Waals surface area contributed by atoms with Crippen LogP contribution in [0.2, 0.25) is 0 Å². The average molecular weight is 273 g/mol. The molecule has 0 unspecified atom stereocenters. The number of hydrogen-bond donors (Lipinski definition) is 1. The van der Waals surface area contributed by atoms with E-state index in [0.29, 0.717) is 0 Å². The molecule has 0 heterocycles. The van der Waals surface area contributed by atoms with Crippen LogP contribution in [0.15, 0.2) is 24.3 Å². The first-order chi connectivity index (χ1) is 8.15. The van der Waals surface area contributed by atoms with Gasteiger partial charge >= 0.3 is 0 Å². The van der Waals surface area contributed by atoms with Crippen LogP contribution in [0.5, 0.6) is 0 Å². The van der Waals surface area contributed by atoms with Crippen molar-refractivity contribution in [3.8, 4) is 0 Å². The molecule has 1 rings (SSSR count). The molecule has 0 spiro atoms. The van der Waals surface area contributed by atoms with Gasteiger partial charge in [-0.15, -0.1) is 0 Å². The van der Waals surface area contributed by atoms with E-state index in [1.54, 1.807) is 6.07 Å². The molecular formula is C12H16FNO3S. The van der Waals surface area contributed by atoms with Crippen molar-refractivity contribution >= 4 is 15.7 Å². The van der Waals surface area contributed by atoms with E-state index in [1.165, 1.54) is 32.0 Å². The van der Waals surface area contributed by atoms with Crippen LogP contribution in [0.1, 0.15) is 24.2 Å². The zero-order chi connectivity index (χ0) is 14.0. The molecule has 0 aliphatic rings. The Morgan fingerprint density at radius 1 is 1.33 bits per heavy atom. The van der Waals surface area contributed by atoms with Crippen molar-refractivity contribution in [2.45, 2.75) is 18.6 Å². The summed E-state index contributed by atoms with van der Waals surface area (Å²) >= 11 is 0. The van der Waals surface area contributed by atoms with Gasteiger partial charge in [-0.05, 0) is 26.0 Å². The van der Waals surface area contributed by atoms with Gasteiger partial charge in [0.25, 0.3) is 5.91 Å². The maximum Gasteiger partial charge on any atom is 0.254 e. The van der Waals surface area contributed by atoms with E-state index in [0.717, 1.165) is 6.26 Å². The zero-order valence-electron chi connectivity index (χ0n) is 10.5. The summed E-state index contributed by atoms with van der Waals surface area (Å²) in [5, 5.41) is 2.43. The second-order valence-corrected chi connectivity index (χ2v) is 7.34. The lowest BCUT2D eigenvalue weighted by Crippen LogP contribution is -2.43. The summed E-state index contributed by atoms with van der Waals surface area (Å²) in [4.78, 5) is 11.7. The normalized spacial score (nSPS) is 12.2. The van der Waals surface area contributed by atoms with Gasteiger partial charge in [0.15, 0.2) is 9.84 Å². The largest absolute Gasteiger partial charge is 0.350 e. The van der Waals surface area contributed by atoms with Crippen LogP contribution in [0, 0.1) is 5.82 Å². The molecule has 0 radical (unpaired) electrons. The number of sulfone groups is 1. The third kappa shape index (κ3) is 3.29. The quantitative estimate of drug-likeness (QED) is 0.901. The Balaban J connectivity index is 2.77. The van der Waals surface area contributed by atoms with Crippen molar-refractivity contribution in [3.05, 3.63) is 35.6 Å². The Labute approximate surface area is 106 Å². The minimum atomic E-state index is -3.30. The van der Waals surface area contributed by atoms with Gasteiger partial charge in [-0.1, -0.05) is 12.1 Å². The van der Waals surface area contributed by atoms with Crippen LogP contribution >= 0.6 is 0 Å². The highest BCUT2D eigenvalue weighted by molar-refractivity contribution is 7.92. The fourth-order valence-electron chi connectivity index (χ4n) is 1.16. The molecule has 0 aliphatic heterocycles. The molecule has 1 aromatic rings. The predicted octanol–water partition coefficient (Wildman–Crippen LogP) is 1.38. The number of carbonyl (C=O) groups excluding carboxylic acids is 1. The molecule has 0 aliphatic carbocycles. The minimum Gasteiger partial charge on any atom is -0.350 e. The fourth-order valence-corrected chi connectivity index (χ4v) is 1.50. The highest BCUT2D eigenvalue weighted by atomic mass is 32.2. The van der Waals surface area contributed by atoms with Crippen molar-refractivity contribution < 1.29 is 17.6 Å². The number of amides is 1. The molecule has 1 N–H and O–H groups in total. The second-order valence-electron chi connectivity index (χ2n) is 4.69. The van der Waals surface area contributed by atoms with E-state index < -0.39 is 26.3 Å². The summed E-state index contributed by atoms with van der Waals surface area (Å²) in [6.07, 6.45) is 1.10. The van der Waals surface area contributed by atoms with Gasteiger partial charge < -0.3 is 5.32 Å². The molecule has 4 nitrogen and oxygen atoms in total. The third-order valence-electron chi connectivity index (χ3n) is 2.80. The lowest BCUT2D eigenvalue weighted by atomic mass is 10.1. The molecule has 0 saturated carbocycles. The van der Waals surface area contributed by atoms with Crippen molar-refractivity contribution in [1.29, 1.82) is 0 Å². The van der Waals surface area contributed by atoms with Crippen molar-refractivity contribution in [1.82, 2.24) is 5.32 Å². The molecule has 0 bridgehead atoms. The van der Waals surface area contributed by atoms with Crippen molar-refractivity contribution in [2.24, 2.45) is 0 Å². The highest BCUT2D eigenvalue weighted by Crippen LogP contribution is 2.14. The lowest BCUT2D eigenvalue weighted by molar-refractivity contribution is 0.0946. The fraction of sp³-hybridized carbons (Fsp3) is 0.417. The third-order valence-corrected chi connectivity index (χ3v) is 4.95. The van der Waals surface area contributed by atoms with Crippen LogP contribution in [0.4, 0.5) is 4.39 Å². The number of hydrogen-bond acceptors (Lipinski definition) is 3. The van der Waals surface area contributed by atoms with Crippen LogP contribution < -0.4 is 5.32 Å². The molecule has 0 atom stereocenters. The van der Waals surface area contributed by atoms with Gasteiger partial charge in [0.1, 0.15) is 5.82 Å². The Bertz CT molecular complexity index is 552. The first kappa shape index (κ1) is 14.6. The van der Waals surface area contributed by atoms with Gasteiger partial charge in [0.2, 0.25) is 0 Å². The Hall–Kier alpha value is -1.43. The number of benzene rings is 1. The van der Waals surface area contributed by atoms with Gasteiger partial charge in [-0.25, -0.2) is 12.8 Å². The summed E-state index contributed by atoms with van der Waals surface area (Å²) in [6.45, 7) is 2.94. The summed E-state index contributed by atoms with van der Waals surface area (Å²) < 4.78 is 35.1. The SMILES string of the molecule is CC(C)(CNC(=O)c1ccccc1F)S(C)(=O)=O. The van der Waals surface area contributed by atoms with E-state index in [4.69, 9.17) is 0 Å². The molecule has 100 valence electrons. The van der Waals surface area contributed by atoms with Crippen molar-refractivity contribution in [2.75, 3.05) is 12.8 Å². The maximum absolute atomic E-state index is 13.3. The molecule has 1 amide bonds. The van der Waals surface area contributed by atoms with Gasteiger partial charge in [-0.3, -0.25) is 4.79 Å². The van der Waals surface area contributed by atoms with Crippen LogP contribution in [-0.2, 0) is 9.84 Å². The monoisotopic (exact) mass is 273 g/mol. The maximum atomic E-state index is 13.3. The molecule has 0 fully saturated rings. The topological polar surface area (TPSA) is 63.2 Å². The summed E-state index contributed by atoms with van der Waals surface area (Å²) in [7, 11) is -3.30. The van der Waals surface area contributed by atoms with E-state index in [-0.39, 0.29) is 12.1 Å². The highest BCUT2D eigenvalue weighted by Gasteiger charge is 2.30. The first-order valence-electron chi connectivity index (χ1n) is 5.37. The molecule has 18 heavy (non-hydrogen) atoms. The first-order valence-corrected chi connectivity index (χ1v) is 7.26. The smallest absolute Gasteiger partial charge is 0.254 e. The predicted molar refractivity (Wildman–Crippen MR) is 67.7 cm³/mol. The molecule has 0 aromatic heterocycles. The van der Waals surface area contributed by atoms with Crippen molar-refractivity contribution in [3.63, 3.8) is 0 Å². The second kappa shape index (κ2) is 5.06. The Kier molecular flexibility index (Phi) is 4.11. The molecular weight excluding hydrogens is 257 g/mol. The summed E-state index contributed by atoms with van der Waals surface area (Å²) in [6, 6.07) is 5.54. The number of rotatable bonds is 4. The van der Waals surface area contributed by atoms with Gasteiger partial charge in [-0.2, -0.15) is 0 Å². The van der Waals surface area contributed by atoms with Gasteiger partial charge in [0, 0.05) is 12.8 Å². The number of carbonyl (C=O) groups is 1. The summed E-state index contributed by atoms with van der Waals surface area (Å²) in [5.74, 6) is -1.25. The van der Waals surface area contributed by atoms with E-state index >= 15 is 0 Å². The number of halogens is 1. The Morgan fingerprint density at radius 2 is 1.89 bits per heavy atom. The minimum absolute atomic E-state index is 0.0704. The standard InChI is InChI=1S/C12H16FNO3S/c1-12(2,18(3,16)17)8-14-11(15)9-6-4-5-7-10(9)13/h4-7H,8H2,1-3H3,(H,14,15).